The van der Waals surface area contributed by atoms with Gasteiger partial charge in [-0.15, -0.1) is 5.10 Å². The van der Waals surface area contributed by atoms with Gasteiger partial charge in [0.05, 0.1) is 0 Å². The number of nitrogens with zero attached hydrogens (tertiary/aromatic N) is 4. The maximum absolute atomic E-state index is 12.0. The van der Waals surface area contributed by atoms with Crippen LogP contribution in [0.1, 0.15) is 11.3 Å². The highest BCUT2D eigenvalue weighted by Crippen LogP contribution is 2.20. The molecule has 100 valence electrons. The summed E-state index contributed by atoms with van der Waals surface area (Å²) in [4.78, 5) is 18.9. The molecule has 0 aliphatic carbocycles. The maximum atomic E-state index is 12.0. The first-order valence-corrected chi connectivity index (χ1v) is 5.98. The van der Waals surface area contributed by atoms with Crippen molar-refractivity contribution < 1.29 is 4.52 Å². The van der Waals surface area contributed by atoms with Crippen molar-refractivity contribution in [2.75, 3.05) is 0 Å². The monoisotopic (exact) mass is 269 g/mol. The summed E-state index contributed by atoms with van der Waals surface area (Å²) in [6.07, 6.45) is 1.55. The molecule has 0 saturated heterocycles. The lowest BCUT2D eigenvalue weighted by atomic mass is 10.1. The molecule has 0 amide bonds. The van der Waals surface area contributed by atoms with Crippen LogP contribution in [0.15, 0.2) is 33.7 Å². The number of H-pyrrole nitrogens is 1. The van der Waals surface area contributed by atoms with Crippen LogP contribution >= 0.6 is 0 Å². The zero-order valence-electron chi connectivity index (χ0n) is 10.9. The van der Waals surface area contributed by atoms with Gasteiger partial charge in [0.25, 0.3) is 11.4 Å². The summed E-state index contributed by atoms with van der Waals surface area (Å²) in [5, 5.41) is 11.5. The van der Waals surface area contributed by atoms with Gasteiger partial charge in [-0.25, -0.2) is 0 Å². The minimum atomic E-state index is -0.253. The Morgan fingerprint density at radius 3 is 2.85 bits per heavy atom. The Balaban J connectivity index is 2.10. The summed E-state index contributed by atoms with van der Waals surface area (Å²) in [7, 11) is 0. The topological polar surface area (TPSA) is 97.6 Å². The molecule has 7 heteroatoms. The Morgan fingerprint density at radius 1 is 1.30 bits per heavy atom. The molecule has 0 radical (unpaired) electrons. The van der Waals surface area contributed by atoms with Crippen molar-refractivity contribution in [1.29, 1.82) is 0 Å². The van der Waals surface area contributed by atoms with Crippen molar-refractivity contribution in [2.24, 2.45) is 0 Å². The van der Waals surface area contributed by atoms with Crippen LogP contribution in [0.2, 0.25) is 0 Å². The summed E-state index contributed by atoms with van der Waals surface area (Å²) >= 11 is 0. The first kappa shape index (κ1) is 12.2. The Morgan fingerprint density at radius 2 is 2.15 bits per heavy atom. The van der Waals surface area contributed by atoms with Crippen molar-refractivity contribution in [3.63, 3.8) is 0 Å². The van der Waals surface area contributed by atoms with Gasteiger partial charge in [-0.05, 0) is 37.6 Å². The summed E-state index contributed by atoms with van der Waals surface area (Å²) in [5.41, 5.74) is 2.17. The van der Waals surface area contributed by atoms with Crippen molar-refractivity contribution in [3.05, 3.63) is 46.0 Å². The number of rotatable bonds is 2. The predicted octanol–water partition coefficient (Wildman–Crippen LogP) is 1.50. The van der Waals surface area contributed by atoms with Crippen molar-refractivity contribution in [3.8, 4) is 23.0 Å². The molecular weight excluding hydrogens is 258 g/mol. The molecule has 3 aromatic heterocycles. The smallest absolute Gasteiger partial charge is 0.264 e. The third-order valence-corrected chi connectivity index (χ3v) is 2.81. The van der Waals surface area contributed by atoms with Crippen LogP contribution in [0.4, 0.5) is 0 Å². The van der Waals surface area contributed by atoms with E-state index in [1.807, 2.05) is 19.9 Å². The number of pyridine rings is 1. The van der Waals surface area contributed by atoms with Gasteiger partial charge in [0.1, 0.15) is 11.3 Å². The van der Waals surface area contributed by atoms with E-state index in [-0.39, 0.29) is 11.4 Å². The second-order valence-electron chi connectivity index (χ2n) is 4.37. The minimum Gasteiger partial charge on any atom is -0.333 e. The molecule has 20 heavy (non-hydrogen) atoms. The molecule has 7 nitrogen and oxygen atoms in total. The summed E-state index contributed by atoms with van der Waals surface area (Å²) < 4.78 is 5.16. The number of aromatic nitrogens is 5. The number of aromatic amines is 1. The molecule has 0 aliphatic heterocycles. The lowest BCUT2D eigenvalue weighted by Crippen LogP contribution is -2.12. The van der Waals surface area contributed by atoms with Gasteiger partial charge in [0.2, 0.25) is 5.82 Å². The molecule has 0 saturated carbocycles. The highest BCUT2D eigenvalue weighted by molar-refractivity contribution is 5.59. The number of aryl methyl sites for hydroxylation is 2. The van der Waals surface area contributed by atoms with Crippen LogP contribution in [0.25, 0.3) is 23.0 Å². The largest absolute Gasteiger partial charge is 0.333 e. The average molecular weight is 269 g/mol. The zero-order valence-corrected chi connectivity index (χ0v) is 10.9. The molecule has 0 unspecified atom stereocenters. The van der Waals surface area contributed by atoms with Crippen LogP contribution in [0.5, 0.6) is 0 Å². The molecule has 0 bridgehead atoms. The van der Waals surface area contributed by atoms with E-state index in [4.69, 9.17) is 4.52 Å². The SMILES string of the molecule is Cc1cc(C)c(-c2nc(-c3cccnn3)no2)c(=O)[nH]1. The second kappa shape index (κ2) is 4.69. The first-order valence-electron chi connectivity index (χ1n) is 5.98. The Kier molecular flexibility index (Phi) is 2.86. The molecule has 0 atom stereocenters. The van der Waals surface area contributed by atoms with Crippen molar-refractivity contribution >= 4 is 0 Å². The standard InChI is InChI=1S/C13H11N5O2/c1-7-6-8(2)15-12(19)10(7)13-16-11(18-20-13)9-4-3-5-14-17-9/h3-6H,1-2H3,(H,15,19). The molecule has 1 N–H and O–H groups in total. The van der Waals surface area contributed by atoms with E-state index in [0.717, 1.165) is 11.3 Å². The van der Waals surface area contributed by atoms with E-state index in [1.54, 1.807) is 18.3 Å². The van der Waals surface area contributed by atoms with Gasteiger partial charge in [-0.2, -0.15) is 10.1 Å². The fourth-order valence-electron chi connectivity index (χ4n) is 1.97. The molecule has 0 spiro atoms. The van der Waals surface area contributed by atoms with Crippen molar-refractivity contribution in [1.82, 2.24) is 25.3 Å². The van der Waals surface area contributed by atoms with Gasteiger partial charge in [0, 0.05) is 11.9 Å². The lowest BCUT2D eigenvalue weighted by molar-refractivity contribution is 0.431. The number of hydrogen-bond donors (Lipinski definition) is 1. The van der Waals surface area contributed by atoms with E-state index in [0.29, 0.717) is 17.1 Å². The van der Waals surface area contributed by atoms with E-state index in [2.05, 4.69) is 25.3 Å². The van der Waals surface area contributed by atoms with Gasteiger partial charge in [-0.3, -0.25) is 4.79 Å². The van der Waals surface area contributed by atoms with E-state index < -0.39 is 0 Å². The lowest BCUT2D eigenvalue weighted by Gasteiger charge is -2.00. The summed E-state index contributed by atoms with van der Waals surface area (Å²) in [6.45, 7) is 3.64. The van der Waals surface area contributed by atoms with Crippen LogP contribution in [0, 0.1) is 13.8 Å². The second-order valence-corrected chi connectivity index (χ2v) is 4.37. The molecule has 3 rings (SSSR count). The highest BCUT2D eigenvalue weighted by Gasteiger charge is 2.17. The van der Waals surface area contributed by atoms with Gasteiger partial charge >= 0.3 is 0 Å². The summed E-state index contributed by atoms with van der Waals surface area (Å²) in [6, 6.07) is 5.29. The molecule has 3 heterocycles. The number of hydrogen-bond acceptors (Lipinski definition) is 6. The minimum absolute atomic E-state index is 0.171. The maximum Gasteiger partial charge on any atom is 0.264 e. The quantitative estimate of drug-likeness (QED) is 0.757. The Hall–Kier alpha value is -2.83. The fourth-order valence-corrected chi connectivity index (χ4v) is 1.97. The van der Waals surface area contributed by atoms with Gasteiger partial charge < -0.3 is 9.51 Å². The van der Waals surface area contributed by atoms with Gasteiger partial charge in [0.15, 0.2) is 0 Å². The molecule has 3 aromatic rings. The normalized spacial score (nSPS) is 10.7. The van der Waals surface area contributed by atoms with Gasteiger partial charge in [-0.1, -0.05) is 5.16 Å². The van der Waals surface area contributed by atoms with Crippen molar-refractivity contribution in [2.45, 2.75) is 13.8 Å². The predicted molar refractivity (Wildman–Crippen MR) is 70.9 cm³/mol. The Labute approximate surface area is 113 Å². The Bertz CT molecular complexity index is 807. The average Bonchev–Trinajstić information content (AvgIpc) is 2.88. The van der Waals surface area contributed by atoms with E-state index in [1.165, 1.54) is 0 Å². The van der Waals surface area contributed by atoms with Crippen LogP contribution in [0.3, 0.4) is 0 Å². The molecule has 0 aromatic carbocycles. The molecular formula is C13H11N5O2. The highest BCUT2D eigenvalue weighted by atomic mass is 16.5. The molecule has 0 aliphatic rings. The number of nitrogens with one attached hydrogen (secondary N) is 1. The van der Waals surface area contributed by atoms with Crippen LogP contribution in [-0.2, 0) is 0 Å². The zero-order chi connectivity index (χ0) is 14.1. The first-order chi connectivity index (χ1) is 9.65. The van der Waals surface area contributed by atoms with E-state index >= 15 is 0 Å². The third-order valence-electron chi connectivity index (χ3n) is 2.81. The third kappa shape index (κ3) is 2.09. The fraction of sp³-hybridized carbons (Fsp3) is 0.154. The van der Waals surface area contributed by atoms with E-state index in [9.17, 15) is 4.79 Å². The van der Waals surface area contributed by atoms with Crippen LogP contribution in [-0.4, -0.2) is 25.3 Å². The molecule has 0 fully saturated rings. The van der Waals surface area contributed by atoms with Crippen LogP contribution < -0.4 is 5.56 Å². The summed E-state index contributed by atoms with van der Waals surface area (Å²) in [5.74, 6) is 0.469.